The molecule has 1 aromatic carbocycles. The summed E-state index contributed by atoms with van der Waals surface area (Å²) in [6.07, 6.45) is 1.91. The maximum atomic E-state index is 12.9. The predicted octanol–water partition coefficient (Wildman–Crippen LogP) is 4.11. The summed E-state index contributed by atoms with van der Waals surface area (Å²) in [6.45, 7) is 4.87. The van der Waals surface area contributed by atoms with Crippen LogP contribution < -0.4 is 4.72 Å². The van der Waals surface area contributed by atoms with Gasteiger partial charge >= 0.3 is 11.8 Å². The van der Waals surface area contributed by atoms with Gasteiger partial charge < -0.3 is 9.32 Å². The van der Waals surface area contributed by atoms with Gasteiger partial charge in [0.15, 0.2) is 0 Å². The average Bonchev–Trinajstić information content (AvgIpc) is 3.43. The Morgan fingerprint density at radius 1 is 1.20 bits per heavy atom. The minimum Gasteiger partial charge on any atom is -0.411 e. The van der Waals surface area contributed by atoms with Crippen molar-refractivity contribution in [3.05, 3.63) is 45.6 Å². The van der Waals surface area contributed by atoms with Gasteiger partial charge in [0.05, 0.1) is 10.6 Å². The van der Waals surface area contributed by atoms with E-state index in [0.717, 1.165) is 18.4 Å². The van der Waals surface area contributed by atoms with Crippen LogP contribution in [-0.2, 0) is 10.0 Å². The molecule has 3 aromatic rings. The van der Waals surface area contributed by atoms with Crippen molar-refractivity contribution in [2.24, 2.45) is 0 Å². The Balaban J connectivity index is 1.58. The van der Waals surface area contributed by atoms with Crippen molar-refractivity contribution < 1.29 is 17.6 Å². The number of amides is 1. The molecule has 158 valence electrons. The van der Waals surface area contributed by atoms with Gasteiger partial charge in [-0.05, 0) is 50.5 Å². The number of carbonyl (C=O) groups excluding carboxylic acids is 1. The number of carbonyl (C=O) groups is 1. The van der Waals surface area contributed by atoms with Crippen molar-refractivity contribution in [3.8, 4) is 10.8 Å². The molecule has 4 rings (SSSR count). The minimum atomic E-state index is -3.85. The summed E-state index contributed by atoms with van der Waals surface area (Å²) in [6, 6.07) is 6.42. The number of hydrogen-bond acceptors (Lipinski definition) is 7. The molecule has 0 unspecified atom stereocenters. The first-order valence-electron chi connectivity index (χ1n) is 9.27. The van der Waals surface area contributed by atoms with Crippen molar-refractivity contribution in [2.75, 3.05) is 17.8 Å². The molecule has 0 saturated carbocycles. The highest BCUT2D eigenvalue weighted by Gasteiger charge is 2.27. The number of halogens is 1. The van der Waals surface area contributed by atoms with Crippen LogP contribution in [0.5, 0.6) is 0 Å². The first-order chi connectivity index (χ1) is 14.2. The number of benzene rings is 1. The number of nitrogens with zero attached hydrogens (tertiary/aromatic N) is 3. The summed E-state index contributed by atoms with van der Waals surface area (Å²) < 4.78 is 33.8. The molecule has 2 aromatic heterocycles. The Hall–Kier alpha value is -2.43. The highest BCUT2D eigenvalue weighted by Crippen LogP contribution is 2.34. The second-order valence-electron chi connectivity index (χ2n) is 7.01. The zero-order valence-corrected chi connectivity index (χ0v) is 18.7. The highest BCUT2D eigenvalue weighted by atomic mass is 35.5. The van der Waals surface area contributed by atoms with Crippen LogP contribution in [0.15, 0.2) is 33.6 Å². The summed E-state index contributed by atoms with van der Waals surface area (Å²) in [5.74, 6) is -0.273. The normalized spacial score (nSPS) is 14.3. The lowest BCUT2D eigenvalue weighted by molar-refractivity contribution is 0.0754. The predicted molar refractivity (Wildman–Crippen MR) is 114 cm³/mol. The van der Waals surface area contributed by atoms with Crippen LogP contribution in [0, 0.1) is 13.8 Å². The fourth-order valence-electron chi connectivity index (χ4n) is 3.17. The number of thiophene rings is 1. The van der Waals surface area contributed by atoms with Crippen molar-refractivity contribution in [1.29, 1.82) is 0 Å². The van der Waals surface area contributed by atoms with Gasteiger partial charge in [-0.15, -0.1) is 21.5 Å². The van der Waals surface area contributed by atoms with E-state index < -0.39 is 10.0 Å². The SMILES string of the molecule is Cc1ccc(NS(=O)(=O)c2cc(-c3nnc(C(=O)N4CCCC4)o3)sc2C)cc1Cl. The van der Waals surface area contributed by atoms with E-state index in [4.69, 9.17) is 16.0 Å². The zero-order chi connectivity index (χ0) is 21.5. The van der Waals surface area contributed by atoms with Crippen LogP contribution in [-0.4, -0.2) is 42.5 Å². The summed E-state index contributed by atoms with van der Waals surface area (Å²) in [7, 11) is -3.85. The van der Waals surface area contributed by atoms with Gasteiger partial charge in [0, 0.05) is 23.0 Å². The van der Waals surface area contributed by atoms with E-state index in [9.17, 15) is 13.2 Å². The minimum absolute atomic E-state index is 0.0882. The molecule has 1 saturated heterocycles. The molecular formula is C19H19ClN4O4S2. The summed E-state index contributed by atoms with van der Waals surface area (Å²) in [4.78, 5) is 15.2. The van der Waals surface area contributed by atoms with Crippen molar-refractivity contribution >= 4 is 44.6 Å². The standard InChI is InChI=1S/C19H19ClN4O4S2/c1-11-5-6-13(9-14(11)20)23-30(26,27)16-10-15(29-12(16)2)17-21-22-18(28-17)19(25)24-7-3-4-8-24/h5-6,9-10,23H,3-4,7-8H2,1-2H3. The number of sulfonamides is 1. The lowest BCUT2D eigenvalue weighted by atomic mass is 10.2. The third kappa shape index (κ3) is 4.07. The fraction of sp³-hybridized carbons (Fsp3) is 0.316. The third-order valence-corrected chi connectivity index (χ3v) is 7.88. The Morgan fingerprint density at radius 3 is 2.63 bits per heavy atom. The molecule has 0 radical (unpaired) electrons. The van der Waals surface area contributed by atoms with Gasteiger partial charge in [0.2, 0.25) is 0 Å². The molecule has 0 atom stereocenters. The number of aromatic nitrogens is 2. The first-order valence-corrected chi connectivity index (χ1v) is 11.9. The van der Waals surface area contributed by atoms with E-state index in [-0.39, 0.29) is 22.6 Å². The molecule has 11 heteroatoms. The van der Waals surface area contributed by atoms with E-state index in [1.807, 2.05) is 6.92 Å². The van der Waals surface area contributed by atoms with Gasteiger partial charge in [-0.1, -0.05) is 17.7 Å². The van der Waals surface area contributed by atoms with Crippen molar-refractivity contribution in [3.63, 3.8) is 0 Å². The first kappa shape index (κ1) is 20.8. The molecule has 1 N–H and O–H groups in total. The van der Waals surface area contributed by atoms with Crippen LogP contribution in [0.2, 0.25) is 5.02 Å². The quantitative estimate of drug-likeness (QED) is 0.606. The van der Waals surface area contributed by atoms with E-state index in [2.05, 4.69) is 14.9 Å². The second-order valence-corrected chi connectivity index (χ2v) is 10.3. The summed E-state index contributed by atoms with van der Waals surface area (Å²) in [5, 5.41) is 8.25. The number of nitrogens with one attached hydrogen (secondary N) is 1. The Bertz CT molecular complexity index is 1210. The molecule has 0 aliphatic carbocycles. The fourth-order valence-corrected chi connectivity index (χ4v) is 5.91. The highest BCUT2D eigenvalue weighted by molar-refractivity contribution is 7.93. The van der Waals surface area contributed by atoms with Crippen LogP contribution in [0.3, 0.4) is 0 Å². The molecule has 8 nitrogen and oxygen atoms in total. The maximum absolute atomic E-state index is 12.9. The number of rotatable bonds is 5. The molecule has 1 aliphatic heterocycles. The molecule has 1 amide bonds. The number of anilines is 1. The largest absolute Gasteiger partial charge is 0.411 e. The lowest BCUT2D eigenvalue weighted by Gasteiger charge is -2.11. The van der Waals surface area contributed by atoms with Gasteiger partial charge in [0.25, 0.3) is 15.9 Å². The summed E-state index contributed by atoms with van der Waals surface area (Å²) in [5.41, 5.74) is 1.22. The van der Waals surface area contributed by atoms with E-state index in [1.165, 1.54) is 17.4 Å². The maximum Gasteiger partial charge on any atom is 0.311 e. The molecule has 0 spiro atoms. The monoisotopic (exact) mass is 466 g/mol. The third-order valence-electron chi connectivity index (χ3n) is 4.80. The number of hydrogen-bond donors (Lipinski definition) is 1. The molecule has 1 fully saturated rings. The van der Waals surface area contributed by atoms with Crippen LogP contribution in [0.1, 0.15) is 34.0 Å². The molecular weight excluding hydrogens is 448 g/mol. The van der Waals surface area contributed by atoms with Gasteiger partial charge in [-0.25, -0.2) is 8.42 Å². The lowest BCUT2D eigenvalue weighted by Crippen LogP contribution is -2.27. The Kier molecular flexibility index (Phi) is 5.56. The van der Waals surface area contributed by atoms with Crippen molar-refractivity contribution in [1.82, 2.24) is 15.1 Å². The molecule has 3 heterocycles. The molecule has 30 heavy (non-hydrogen) atoms. The van der Waals surface area contributed by atoms with Crippen LogP contribution in [0.25, 0.3) is 10.8 Å². The van der Waals surface area contributed by atoms with Crippen LogP contribution >= 0.6 is 22.9 Å². The van der Waals surface area contributed by atoms with Gasteiger partial charge in [-0.3, -0.25) is 9.52 Å². The number of likely N-dealkylation sites (tertiary alicyclic amines) is 1. The Morgan fingerprint density at radius 2 is 1.93 bits per heavy atom. The van der Waals surface area contributed by atoms with Gasteiger partial charge in [-0.2, -0.15) is 0 Å². The summed E-state index contributed by atoms with van der Waals surface area (Å²) >= 11 is 7.29. The molecule has 0 bridgehead atoms. The topological polar surface area (TPSA) is 105 Å². The van der Waals surface area contributed by atoms with Gasteiger partial charge in [0.1, 0.15) is 4.90 Å². The van der Waals surface area contributed by atoms with E-state index in [1.54, 1.807) is 30.0 Å². The molecule has 1 aliphatic rings. The van der Waals surface area contributed by atoms with Crippen molar-refractivity contribution in [2.45, 2.75) is 31.6 Å². The smallest absolute Gasteiger partial charge is 0.311 e. The second kappa shape index (κ2) is 8.01. The zero-order valence-electron chi connectivity index (χ0n) is 16.3. The number of aryl methyl sites for hydroxylation is 2. The Labute approximate surface area is 182 Å². The average molecular weight is 467 g/mol. The van der Waals surface area contributed by atoms with E-state index in [0.29, 0.717) is 33.6 Å². The van der Waals surface area contributed by atoms with E-state index >= 15 is 0 Å². The van der Waals surface area contributed by atoms with Crippen LogP contribution in [0.4, 0.5) is 5.69 Å².